The van der Waals surface area contributed by atoms with Crippen LogP contribution in [0.25, 0.3) is 10.6 Å². The van der Waals surface area contributed by atoms with Gasteiger partial charge in [0.2, 0.25) is 0 Å². The van der Waals surface area contributed by atoms with Gasteiger partial charge in [0.15, 0.2) is 0 Å². The van der Waals surface area contributed by atoms with Crippen LogP contribution in [0.15, 0.2) is 29.6 Å². The number of carbonyl (C=O) groups excluding carboxylic acids is 1. The molecule has 1 heterocycles. The van der Waals surface area contributed by atoms with Gasteiger partial charge in [-0.3, -0.25) is 4.79 Å². The van der Waals surface area contributed by atoms with Crippen LogP contribution >= 0.6 is 11.3 Å². The van der Waals surface area contributed by atoms with Crippen molar-refractivity contribution in [3.8, 4) is 10.6 Å². The topological polar surface area (TPSA) is 79.3 Å². The Morgan fingerprint density at radius 1 is 1.39 bits per heavy atom. The largest absolute Gasteiger partial charge is 0.480 e. The van der Waals surface area contributed by atoms with Crippen molar-refractivity contribution in [2.75, 3.05) is 0 Å². The van der Waals surface area contributed by atoms with Crippen molar-refractivity contribution in [1.29, 1.82) is 0 Å². The van der Waals surface area contributed by atoms with E-state index in [0.29, 0.717) is 12.3 Å². The number of aromatic nitrogens is 1. The summed E-state index contributed by atoms with van der Waals surface area (Å²) in [6.45, 7) is 1.99. The molecule has 1 aromatic carbocycles. The lowest BCUT2D eigenvalue weighted by Crippen LogP contribution is -2.41. The van der Waals surface area contributed by atoms with E-state index in [1.165, 1.54) is 11.3 Å². The van der Waals surface area contributed by atoms with Gasteiger partial charge in [-0.05, 0) is 24.8 Å². The van der Waals surface area contributed by atoms with Crippen LogP contribution in [0, 0.1) is 12.8 Å². The highest BCUT2D eigenvalue weighted by Crippen LogP contribution is 2.33. The van der Waals surface area contributed by atoms with Gasteiger partial charge in [-0.15, -0.1) is 11.3 Å². The molecule has 1 amide bonds. The van der Waals surface area contributed by atoms with Crippen molar-refractivity contribution >= 4 is 23.2 Å². The van der Waals surface area contributed by atoms with Gasteiger partial charge < -0.3 is 10.4 Å². The van der Waals surface area contributed by atoms with E-state index >= 15 is 0 Å². The lowest BCUT2D eigenvalue weighted by molar-refractivity contribution is -0.139. The summed E-state index contributed by atoms with van der Waals surface area (Å²) in [5.74, 6) is -0.983. The number of nitrogens with zero attached hydrogens (tertiary/aromatic N) is 1. The third kappa shape index (κ3) is 3.76. The van der Waals surface area contributed by atoms with E-state index in [1.54, 1.807) is 5.38 Å². The Bertz CT molecular complexity index is 737. The molecule has 1 aliphatic carbocycles. The normalized spacial score (nSPS) is 15.2. The van der Waals surface area contributed by atoms with Gasteiger partial charge in [-0.2, -0.15) is 0 Å². The maximum Gasteiger partial charge on any atom is 0.326 e. The molecule has 1 aliphatic rings. The van der Waals surface area contributed by atoms with E-state index in [2.05, 4.69) is 10.3 Å². The summed E-state index contributed by atoms with van der Waals surface area (Å²) in [6, 6.07) is 7.00. The second-order valence-corrected chi connectivity index (χ2v) is 6.75. The number of rotatable bonds is 6. The highest BCUT2D eigenvalue weighted by molar-refractivity contribution is 7.13. The highest BCUT2D eigenvalue weighted by atomic mass is 32.1. The Labute approximate surface area is 138 Å². The second kappa shape index (κ2) is 6.50. The van der Waals surface area contributed by atoms with E-state index in [1.807, 2.05) is 31.2 Å². The maximum atomic E-state index is 12.3. The van der Waals surface area contributed by atoms with Gasteiger partial charge >= 0.3 is 5.97 Å². The zero-order valence-electron chi connectivity index (χ0n) is 12.8. The summed E-state index contributed by atoms with van der Waals surface area (Å²) in [6.07, 6.45) is 2.59. The molecule has 2 N–H and O–H groups in total. The van der Waals surface area contributed by atoms with E-state index < -0.39 is 17.9 Å². The number of aryl methyl sites for hydroxylation is 1. The molecule has 0 spiro atoms. The summed E-state index contributed by atoms with van der Waals surface area (Å²) >= 11 is 1.39. The lowest BCUT2D eigenvalue weighted by Gasteiger charge is -2.12. The highest BCUT2D eigenvalue weighted by Gasteiger charge is 2.30. The predicted octanol–water partition coefficient (Wildman–Crippen LogP) is 3.10. The van der Waals surface area contributed by atoms with Gasteiger partial charge in [0.1, 0.15) is 16.7 Å². The third-order valence-electron chi connectivity index (χ3n) is 3.98. The van der Waals surface area contributed by atoms with Crippen molar-refractivity contribution in [2.24, 2.45) is 5.92 Å². The molecule has 1 atom stereocenters. The molecule has 1 saturated carbocycles. The fourth-order valence-electron chi connectivity index (χ4n) is 2.46. The Balaban J connectivity index is 1.73. The molecular weight excluding hydrogens is 312 g/mol. The van der Waals surface area contributed by atoms with Gasteiger partial charge in [-0.1, -0.05) is 37.1 Å². The molecule has 0 radical (unpaired) electrons. The number of carboxylic acids is 1. The number of aliphatic carboxylic acids is 1. The van der Waals surface area contributed by atoms with Crippen molar-refractivity contribution < 1.29 is 14.7 Å². The monoisotopic (exact) mass is 330 g/mol. The zero-order chi connectivity index (χ0) is 16.4. The summed E-state index contributed by atoms with van der Waals surface area (Å²) < 4.78 is 0. The first-order valence-corrected chi connectivity index (χ1v) is 8.47. The number of hydrogen-bond acceptors (Lipinski definition) is 4. The fraction of sp³-hybridized carbons (Fsp3) is 0.353. The number of nitrogens with one attached hydrogen (secondary N) is 1. The smallest absolute Gasteiger partial charge is 0.326 e. The van der Waals surface area contributed by atoms with E-state index in [0.717, 1.165) is 29.0 Å². The van der Waals surface area contributed by atoms with Crippen molar-refractivity contribution in [3.63, 3.8) is 0 Å². The van der Waals surface area contributed by atoms with Gasteiger partial charge in [0.05, 0.1) is 0 Å². The minimum atomic E-state index is -0.986. The molecule has 3 rings (SSSR count). The van der Waals surface area contributed by atoms with Crippen LogP contribution < -0.4 is 5.32 Å². The van der Waals surface area contributed by atoms with Crippen LogP contribution in [0.2, 0.25) is 0 Å². The average Bonchev–Trinajstić information content (AvgIpc) is 3.20. The molecule has 0 aliphatic heterocycles. The molecule has 5 nitrogen and oxygen atoms in total. The molecule has 23 heavy (non-hydrogen) atoms. The zero-order valence-corrected chi connectivity index (χ0v) is 13.6. The lowest BCUT2D eigenvalue weighted by atomic mass is 10.1. The summed E-state index contributed by atoms with van der Waals surface area (Å²) in [5, 5.41) is 14.3. The van der Waals surface area contributed by atoms with E-state index in [4.69, 9.17) is 0 Å². The molecule has 1 fully saturated rings. The first-order valence-electron chi connectivity index (χ1n) is 7.60. The molecule has 2 aromatic rings. The Morgan fingerprint density at radius 2 is 2.13 bits per heavy atom. The van der Waals surface area contributed by atoms with Gasteiger partial charge in [0, 0.05) is 10.9 Å². The minimum absolute atomic E-state index is 0.273. The summed E-state index contributed by atoms with van der Waals surface area (Å²) in [5.41, 5.74) is 2.35. The Hall–Kier alpha value is -2.21. The maximum absolute atomic E-state index is 12.3. The van der Waals surface area contributed by atoms with Crippen LogP contribution in [-0.2, 0) is 4.79 Å². The number of benzene rings is 1. The first kappa shape index (κ1) is 15.7. The number of thiazole rings is 1. The summed E-state index contributed by atoms with van der Waals surface area (Å²) in [7, 11) is 0. The molecule has 0 bridgehead atoms. The van der Waals surface area contributed by atoms with Gasteiger partial charge in [-0.25, -0.2) is 9.78 Å². The van der Waals surface area contributed by atoms with Crippen molar-refractivity contribution in [3.05, 3.63) is 40.9 Å². The molecular formula is C17H18N2O3S. The molecule has 0 saturated heterocycles. The van der Waals surface area contributed by atoms with Gasteiger partial charge in [0.25, 0.3) is 5.91 Å². The Kier molecular flexibility index (Phi) is 4.43. The van der Waals surface area contributed by atoms with Crippen LogP contribution in [0.3, 0.4) is 0 Å². The fourth-order valence-corrected chi connectivity index (χ4v) is 3.35. The standard InChI is InChI=1S/C17H18N2O3S/c1-10-4-2-3-5-12(10)16-19-14(9-23-16)15(20)18-13(17(21)22)8-11-6-7-11/h2-5,9,11,13H,6-8H2,1H3,(H,18,20)(H,21,22). The number of hydrogen-bond donors (Lipinski definition) is 2. The van der Waals surface area contributed by atoms with Crippen LogP contribution in [0.1, 0.15) is 35.3 Å². The SMILES string of the molecule is Cc1ccccc1-c1nc(C(=O)NC(CC2CC2)C(=O)O)cs1. The number of carboxylic acid groups (broad SMARTS) is 1. The number of carbonyl (C=O) groups is 2. The van der Waals surface area contributed by atoms with Crippen molar-refractivity contribution in [2.45, 2.75) is 32.2 Å². The van der Waals surface area contributed by atoms with Crippen LogP contribution in [0.5, 0.6) is 0 Å². The molecule has 1 aromatic heterocycles. The molecule has 1 unspecified atom stereocenters. The third-order valence-corrected chi connectivity index (χ3v) is 4.86. The van der Waals surface area contributed by atoms with E-state index in [9.17, 15) is 14.7 Å². The minimum Gasteiger partial charge on any atom is -0.480 e. The Morgan fingerprint density at radius 3 is 2.78 bits per heavy atom. The number of amides is 1. The molecule has 6 heteroatoms. The van der Waals surface area contributed by atoms with E-state index in [-0.39, 0.29) is 5.69 Å². The first-order chi connectivity index (χ1) is 11.0. The average molecular weight is 330 g/mol. The predicted molar refractivity (Wildman–Crippen MR) is 88.5 cm³/mol. The summed E-state index contributed by atoms with van der Waals surface area (Å²) in [4.78, 5) is 27.9. The second-order valence-electron chi connectivity index (χ2n) is 5.90. The van der Waals surface area contributed by atoms with Crippen LogP contribution in [0.4, 0.5) is 0 Å². The molecule has 120 valence electrons. The van der Waals surface area contributed by atoms with Crippen LogP contribution in [-0.4, -0.2) is 28.0 Å². The van der Waals surface area contributed by atoms with Crippen molar-refractivity contribution in [1.82, 2.24) is 10.3 Å². The quantitative estimate of drug-likeness (QED) is 0.853.